The molecule has 3 aliphatic heterocycles. The van der Waals surface area contributed by atoms with Crippen molar-refractivity contribution < 1.29 is 4.74 Å². The van der Waals surface area contributed by atoms with Crippen molar-refractivity contribution in [2.45, 2.75) is 31.1 Å². The normalized spacial score (nSPS) is 27.1. The van der Waals surface area contributed by atoms with Gasteiger partial charge in [0.05, 0.1) is 16.6 Å². The number of hydrogen-bond donors (Lipinski definition) is 0. The molecule has 0 amide bonds. The summed E-state index contributed by atoms with van der Waals surface area (Å²) in [5.74, 6) is 2.64. The average molecular weight is 471 g/mol. The van der Waals surface area contributed by atoms with Crippen molar-refractivity contribution >= 4 is 46.1 Å². The first kappa shape index (κ1) is 19.5. The number of hydrogen-bond acceptors (Lipinski definition) is 4. The van der Waals surface area contributed by atoms with Crippen LogP contribution in [0.25, 0.3) is 10.8 Å². The van der Waals surface area contributed by atoms with Crippen LogP contribution < -0.4 is 4.74 Å². The molecular formula is C28H22OS3. The summed E-state index contributed by atoms with van der Waals surface area (Å²) in [5.41, 5.74) is 4.43. The molecule has 1 fully saturated rings. The van der Waals surface area contributed by atoms with Gasteiger partial charge in [-0.1, -0.05) is 67.2 Å². The molecule has 158 valence electrons. The molecule has 0 saturated carbocycles. The number of fused-ring (bicyclic) bond motifs is 9. The topological polar surface area (TPSA) is 9.23 Å². The van der Waals surface area contributed by atoms with E-state index in [0.717, 1.165) is 11.5 Å². The molecule has 4 heteroatoms. The average Bonchev–Trinajstić information content (AvgIpc) is 3.52. The molecule has 32 heavy (non-hydrogen) atoms. The van der Waals surface area contributed by atoms with E-state index in [9.17, 15) is 0 Å². The maximum absolute atomic E-state index is 5.71. The summed E-state index contributed by atoms with van der Waals surface area (Å²) < 4.78 is 5.64. The van der Waals surface area contributed by atoms with Crippen LogP contribution in [0.3, 0.4) is 0 Å². The van der Waals surface area contributed by atoms with Crippen LogP contribution in [0.4, 0.5) is 0 Å². The summed E-state index contributed by atoms with van der Waals surface area (Å²) >= 11 is 6.10. The summed E-state index contributed by atoms with van der Waals surface area (Å²) in [6.07, 6.45) is 0. The van der Waals surface area contributed by atoms with Crippen molar-refractivity contribution in [2.75, 3.05) is 12.9 Å². The van der Waals surface area contributed by atoms with Gasteiger partial charge in [-0.15, -0.1) is 23.5 Å². The van der Waals surface area contributed by atoms with Gasteiger partial charge in [-0.25, -0.2) is 0 Å². The highest BCUT2D eigenvalue weighted by atomic mass is 32.2. The van der Waals surface area contributed by atoms with E-state index in [1.165, 1.54) is 36.6 Å². The predicted octanol–water partition coefficient (Wildman–Crippen LogP) is 7.94. The standard InChI is InChI=1S/C28H22OS3/c1-17-16-30-25-13-11-18-7-3-4-8-20(18)26(25)27(17)28(32-27)21-9-5-6-10-23(21)31-24-14-12-19(29-2)15-22(24)28/h3-15,17H,16H2,1-2H3. The zero-order valence-corrected chi connectivity index (χ0v) is 20.4. The highest BCUT2D eigenvalue weighted by Crippen LogP contribution is 2.85. The second-order valence-corrected chi connectivity index (χ2v) is 12.5. The summed E-state index contributed by atoms with van der Waals surface area (Å²) in [6, 6.07) is 29.3. The zero-order valence-electron chi connectivity index (χ0n) is 17.9. The minimum atomic E-state index is -0.0853. The van der Waals surface area contributed by atoms with Crippen molar-refractivity contribution in [3.05, 3.63) is 95.6 Å². The van der Waals surface area contributed by atoms with Crippen molar-refractivity contribution in [1.29, 1.82) is 0 Å². The van der Waals surface area contributed by atoms with Crippen LogP contribution in [0.2, 0.25) is 0 Å². The van der Waals surface area contributed by atoms with E-state index in [1.807, 2.05) is 23.5 Å². The van der Waals surface area contributed by atoms with Crippen molar-refractivity contribution in [3.63, 3.8) is 0 Å². The number of benzene rings is 4. The molecule has 0 N–H and O–H groups in total. The molecule has 2 spiro atoms. The molecule has 4 aromatic rings. The maximum atomic E-state index is 5.71. The summed E-state index contributed by atoms with van der Waals surface area (Å²) in [7, 11) is 1.77. The molecule has 0 aliphatic carbocycles. The first-order valence-electron chi connectivity index (χ1n) is 11.0. The van der Waals surface area contributed by atoms with Crippen LogP contribution in [0.1, 0.15) is 23.6 Å². The van der Waals surface area contributed by atoms with Gasteiger partial charge in [0.1, 0.15) is 5.75 Å². The Bertz CT molecular complexity index is 1410. The monoisotopic (exact) mass is 470 g/mol. The summed E-state index contributed by atoms with van der Waals surface area (Å²) in [5, 5.41) is 2.75. The molecular weight excluding hydrogens is 449 g/mol. The van der Waals surface area contributed by atoms with Crippen molar-refractivity contribution in [3.8, 4) is 5.75 Å². The lowest BCUT2D eigenvalue weighted by molar-refractivity contribution is 0.409. The summed E-state index contributed by atoms with van der Waals surface area (Å²) in [4.78, 5) is 4.20. The van der Waals surface area contributed by atoms with Gasteiger partial charge in [0.25, 0.3) is 0 Å². The molecule has 3 aliphatic rings. The van der Waals surface area contributed by atoms with Gasteiger partial charge in [0.15, 0.2) is 0 Å². The zero-order chi connectivity index (χ0) is 21.5. The largest absolute Gasteiger partial charge is 0.497 e. The van der Waals surface area contributed by atoms with E-state index >= 15 is 0 Å². The van der Waals surface area contributed by atoms with Gasteiger partial charge in [-0.05, 0) is 63.7 Å². The Morgan fingerprint density at radius 1 is 0.844 bits per heavy atom. The Balaban J connectivity index is 1.59. The Hall–Kier alpha value is -2.01. The quantitative estimate of drug-likeness (QED) is 0.261. The van der Waals surface area contributed by atoms with Crippen LogP contribution >= 0.6 is 35.3 Å². The predicted molar refractivity (Wildman–Crippen MR) is 137 cm³/mol. The molecule has 7 rings (SSSR count). The first-order chi connectivity index (χ1) is 15.7. The second kappa shape index (κ2) is 6.75. The SMILES string of the molecule is COc1ccc2c(c1)C1(SC13c1c(ccc4ccccc14)SCC3C)c1ccccc1S2. The number of ether oxygens (including phenoxy) is 1. The number of thioether (sulfide) groups is 2. The minimum Gasteiger partial charge on any atom is -0.497 e. The van der Waals surface area contributed by atoms with E-state index in [4.69, 9.17) is 4.74 Å². The van der Waals surface area contributed by atoms with E-state index in [1.54, 1.807) is 12.7 Å². The van der Waals surface area contributed by atoms with Gasteiger partial charge in [0, 0.05) is 20.4 Å². The molecule has 0 radical (unpaired) electrons. The molecule has 3 atom stereocenters. The van der Waals surface area contributed by atoms with Crippen LogP contribution in [0.5, 0.6) is 5.75 Å². The Morgan fingerprint density at radius 3 is 2.53 bits per heavy atom. The Kier molecular flexibility index (Phi) is 4.11. The third-order valence-electron chi connectivity index (χ3n) is 7.29. The maximum Gasteiger partial charge on any atom is 0.119 e. The second-order valence-electron chi connectivity index (χ2n) is 8.85. The fourth-order valence-electron chi connectivity index (χ4n) is 5.84. The fourth-order valence-corrected chi connectivity index (χ4v) is 10.7. The Labute approximate surface area is 201 Å². The van der Waals surface area contributed by atoms with E-state index < -0.39 is 0 Å². The molecule has 1 nitrogen and oxygen atoms in total. The first-order valence-corrected chi connectivity index (χ1v) is 13.6. The lowest BCUT2D eigenvalue weighted by Crippen LogP contribution is -2.35. The molecule has 4 aromatic carbocycles. The molecule has 1 saturated heterocycles. The van der Waals surface area contributed by atoms with Crippen LogP contribution in [-0.2, 0) is 9.49 Å². The third kappa shape index (κ3) is 2.31. The van der Waals surface area contributed by atoms with Gasteiger partial charge in [0.2, 0.25) is 0 Å². The number of methoxy groups -OCH3 is 1. The Morgan fingerprint density at radius 2 is 1.62 bits per heavy atom. The van der Waals surface area contributed by atoms with Crippen molar-refractivity contribution in [1.82, 2.24) is 0 Å². The lowest BCUT2D eigenvalue weighted by Gasteiger charge is -2.38. The highest BCUT2D eigenvalue weighted by molar-refractivity contribution is 8.09. The smallest absolute Gasteiger partial charge is 0.119 e. The fraction of sp³-hybridized carbons (Fsp3) is 0.214. The van der Waals surface area contributed by atoms with Crippen LogP contribution in [0.15, 0.2) is 93.5 Å². The van der Waals surface area contributed by atoms with E-state index in [2.05, 4.69) is 97.5 Å². The van der Waals surface area contributed by atoms with Crippen molar-refractivity contribution in [2.24, 2.45) is 5.92 Å². The lowest BCUT2D eigenvalue weighted by atomic mass is 9.70. The van der Waals surface area contributed by atoms with Gasteiger partial charge in [-0.3, -0.25) is 0 Å². The third-order valence-corrected chi connectivity index (χ3v) is 11.9. The molecule has 0 aromatic heterocycles. The van der Waals surface area contributed by atoms with Gasteiger partial charge in [-0.2, -0.15) is 0 Å². The van der Waals surface area contributed by atoms with E-state index in [-0.39, 0.29) is 9.49 Å². The van der Waals surface area contributed by atoms with Crippen LogP contribution in [0, 0.1) is 5.92 Å². The summed E-state index contributed by atoms with van der Waals surface area (Å²) in [6.45, 7) is 2.46. The number of rotatable bonds is 1. The van der Waals surface area contributed by atoms with Gasteiger partial charge < -0.3 is 4.74 Å². The van der Waals surface area contributed by atoms with Crippen LogP contribution in [-0.4, -0.2) is 12.9 Å². The highest BCUT2D eigenvalue weighted by Gasteiger charge is 2.76. The molecule has 3 unspecified atom stereocenters. The van der Waals surface area contributed by atoms with Gasteiger partial charge >= 0.3 is 0 Å². The molecule has 3 heterocycles. The molecule has 0 bridgehead atoms. The minimum absolute atomic E-state index is 0.0205. The van der Waals surface area contributed by atoms with E-state index in [0.29, 0.717) is 5.92 Å².